The van der Waals surface area contributed by atoms with Crippen molar-refractivity contribution in [1.29, 1.82) is 0 Å². The van der Waals surface area contributed by atoms with E-state index in [2.05, 4.69) is 16.0 Å². The molecular formula is C27H41N3O6S. The van der Waals surface area contributed by atoms with Gasteiger partial charge in [-0.2, -0.15) is 11.8 Å². The van der Waals surface area contributed by atoms with Crippen molar-refractivity contribution in [2.24, 2.45) is 11.8 Å². The minimum atomic E-state index is -1.05. The third-order valence-corrected chi connectivity index (χ3v) is 6.94. The Labute approximate surface area is 223 Å². The molecule has 9 nitrogen and oxygen atoms in total. The van der Waals surface area contributed by atoms with Gasteiger partial charge in [0.15, 0.2) is 0 Å². The van der Waals surface area contributed by atoms with Crippen LogP contribution in [0, 0.1) is 11.8 Å². The summed E-state index contributed by atoms with van der Waals surface area (Å²) in [5.74, 6) is -0.836. The minimum absolute atomic E-state index is 0.218. The summed E-state index contributed by atoms with van der Waals surface area (Å²) in [6, 6.07) is 7.58. The fourth-order valence-corrected chi connectivity index (χ4v) is 4.76. The lowest BCUT2D eigenvalue weighted by atomic mass is 9.81. The zero-order valence-corrected chi connectivity index (χ0v) is 23.1. The summed E-state index contributed by atoms with van der Waals surface area (Å²) in [6.07, 6.45) is 4.83. The van der Waals surface area contributed by atoms with Crippen LogP contribution in [0.15, 0.2) is 30.3 Å². The fraction of sp³-hybridized carbons (Fsp3) is 0.630. The number of benzene rings is 1. The Morgan fingerprint density at radius 1 is 1.03 bits per heavy atom. The first-order valence-electron chi connectivity index (χ1n) is 12.8. The molecule has 37 heavy (non-hydrogen) atoms. The average molecular weight is 536 g/mol. The van der Waals surface area contributed by atoms with Crippen molar-refractivity contribution in [1.82, 2.24) is 16.0 Å². The van der Waals surface area contributed by atoms with E-state index < -0.39 is 29.7 Å². The number of carbonyl (C=O) groups excluding carboxylic acids is 3. The normalized spacial score (nSPS) is 19.2. The Kier molecular flexibility index (Phi) is 12.2. The molecule has 0 heterocycles. The second-order valence-corrected chi connectivity index (χ2v) is 11.5. The fourth-order valence-electron chi connectivity index (χ4n) is 4.29. The first-order valence-corrected chi connectivity index (χ1v) is 14.2. The van der Waals surface area contributed by atoms with E-state index >= 15 is 0 Å². The smallest absolute Gasteiger partial charge is 0.408 e. The molecule has 1 aromatic rings. The van der Waals surface area contributed by atoms with Gasteiger partial charge in [0.25, 0.3) is 0 Å². The van der Waals surface area contributed by atoms with Gasteiger partial charge in [-0.1, -0.05) is 30.3 Å². The highest BCUT2D eigenvalue weighted by Gasteiger charge is 2.30. The molecule has 2 rings (SSSR count). The Morgan fingerprint density at radius 2 is 1.68 bits per heavy atom. The van der Waals surface area contributed by atoms with Gasteiger partial charge in [-0.25, -0.2) is 9.59 Å². The van der Waals surface area contributed by atoms with Crippen molar-refractivity contribution >= 4 is 35.6 Å². The molecule has 1 aliphatic rings. The molecule has 1 fully saturated rings. The van der Waals surface area contributed by atoms with E-state index in [1.807, 2.05) is 36.6 Å². The van der Waals surface area contributed by atoms with Crippen LogP contribution in [0.1, 0.15) is 58.4 Å². The van der Waals surface area contributed by atoms with Crippen molar-refractivity contribution in [3.8, 4) is 0 Å². The second kappa shape index (κ2) is 14.9. The molecule has 1 aliphatic carbocycles. The second-order valence-electron chi connectivity index (χ2n) is 10.5. The van der Waals surface area contributed by atoms with Crippen molar-refractivity contribution in [2.45, 2.75) is 77.0 Å². The molecule has 0 bridgehead atoms. The van der Waals surface area contributed by atoms with Crippen LogP contribution in [0.4, 0.5) is 4.79 Å². The quantitative estimate of drug-likeness (QED) is 0.322. The van der Waals surface area contributed by atoms with Gasteiger partial charge >= 0.3 is 12.1 Å². The van der Waals surface area contributed by atoms with Crippen molar-refractivity contribution in [3.05, 3.63) is 35.9 Å². The molecule has 10 heteroatoms. The van der Waals surface area contributed by atoms with E-state index in [4.69, 9.17) is 4.74 Å². The molecule has 0 spiro atoms. The average Bonchev–Trinajstić information content (AvgIpc) is 2.84. The molecule has 0 aromatic heterocycles. The van der Waals surface area contributed by atoms with E-state index in [0.717, 1.165) is 24.2 Å². The Balaban J connectivity index is 1.80. The zero-order chi connectivity index (χ0) is 27.4. The summed E-state index contributed by atoms with van der Waals surface area (Å²) in [5.41, 5.74) is 0.202. The monoisotopic (exact) mass is 535 g/mol. The molecule has 2 atom stereocenters. The van der Waals surface area contributed by atoms with Crippen LogP contribution in [0.3, 0.4) is 0 Å². The molecule has 1 aromatic carbocycles. The summed E-state index contributed by atoms with van der Waals surface area (Å²) in [6.45, 7) is 5.77. The largest absolute Gasteiger partial charge is 0.480 e. The standard InChI is InChI=1S/C27H41N3O6S/c1-27(2,3)36-26(35)30-21(14-15-37-4)24(32)28-17-19-10-12-20(13-11-19)23(31)29-22(25(33)34)16-18-8-6-5-7-9-18/h5-9,19-22H,10-17H2,1-4H3,(H,28,32)(H,29,31)(H,30,35)(H,33,34)/t19?,20?,21-,22-/m0/s1. The zero-order valence-electron chi connectivity index (χ0n) is 22.2. The van der Waals surface area contributed by atoms with Crippen LogP contribution < -0.4 is 16.0 Å². The maximum absolute atomic E-state index is 12.8. The van der Waals surface area contributed by atoms with E-state index in [1.54, 1.807) is 32.5 Å². The maximum Gasteiger partial charge on any atom is 0.408 e. The summed E-state index contributed by atoms with van der Waals surface area (Å²) in [5, 5.41) is 17.9. The van der Waals surface area contributed by atoms with Gasteiger partial charge in [-0.05, 0) is 76.4 Å². The van der Waals surface area contributed by atoms with Crippen molar-refractivity contribution in [2.75, 3.05) is 18.6 Å². The number of carboxylic acids is 1. The molecule has 0 saturated heterocycles. The lowest BCUT2D eigenvalue weighted by Gasteiger charge is -2.29. The molecule has 1 saturated carbocycles. The highest BCUT2D eigenvalue weighted by molar-refractivity contribution is 7.98. The van der Waals surface area contributed by atoms with Crippen LogP contribution in [0.5, 0.6) is 0 Å². The summed E-state index contributed by atoms with van der Waals surface area (Å²) < 4.78 is 5.29. The first kappa shape index (κ1) is 30.5. The van der Waals surface area contributed by atoms with Gasteiger partial charge in [-0.15, -0.1) is 0 Å². The SMILES string of the molecule is CSCC[C@H](NC(=O)OC(C)(C)C)C(=O)NCC1CCC(C(=O)N[C@@H](Cc2ccccc2)C(=O)O)CC1. The highest BCUT2D eigenvalue weighted by atomic mass is 32.2. The number of hydrogen-bond donors (Lipinski definition) is 4. The van der Waals surface area contributed by atoms with Crippen LogP contribution in [0.2, 0.25) is 0 Å². The van der Waals surface area contributed by atoms with Gasteiger partial charge in [0, 0.05) is 18.9 Å². The van der Waals surface area contributed by atoms with Crippen LogP contribution in [-0.4, -0.2) is 65.2 Å². The number of amides is 3. The minimum Gasteiger partial charge on any atom is -0.480 e. The van der Waals surface area contributed by atoms with Gasteiger partial charge in [0.2, 0.25) is 11.8 Å². The lowest BCUT2D eigenvalue weighted by molar-refractivity contribution is -0.142. The van der Waals surface area contributed by atoms with E-state index in [0.29, 0.717) is 25.8 Å². The van der Waals surface area contributed by atoms with Gasteiger partial charge in [-0.3, -0.25) is 9.59 Å². The van der Waals surface area contributed by atoms with Gasteiger partial charge < -0.3 is 25.8 Å². The summed E-state index contributed by atoms with van der Waals surface area (Å²) >= 11 is 1.60. The highest BCUT2D eigenvalue weighted by Crippen LogP contribution is 2.28. The Hall–Kier alpha value is -2.75. The number of nitrogens with one attached hydrogen (secondary N) is 3. The Bertz CT molecular complexity index is 897. The molecule has 0 unspecified atom stereocenters. The Morgan fingerprint density at radius 3 is 2.24 bits per heavy atom. The predicted molar refractivity (Wildman–Crippen MR) is 144 cm³/mol. The van der Waals surface area contributed by atoms with Crippen LogP contribution >= 0.6 is 11.8 Å². The van der Waals surface area contributed by atoms with Crippen LogP contribution in [-0.2, 0) is 25.5 Å². The predicted octanol–water partition coefficient (Wildman–Crippen LogP) is 3.37. The van der Waals surface area contributed by atoms with E-state index in [9.17, 15) is 24.3 Å². The number of alkyl carbamates (subject to hydrolysis) is 1. The number of rotatable bonds is 12. The van der Waals surface area contributed by atoms with Crippen molar-refractivity contribution < 1.29 is 29.0 Å². The number of carbonyl (C=O) groups is 4. The molecule has 206 valence electrons. The number of ether oxygens (including phenoxy) is 1. The number of carboxylic acid groups (broad SMARTS) is 1. The lowest BCUT2D eigenvalue weighted by Crippen LogP contribution is -2.49. The molecule has 0 radical (unpaired) electrons. The summed E-state index contributed by atoms with van der Waals surface area (Å²) in [4.78, 5) is 49.4. The summed E-state index contributed by atoms with van der Waals surface area (Å²) in [7, 11) is 0. The molecule has 4 N–H and O–H groups in total. The van der Waals surface area contributed by atoms with Crippen LogP contribution in [0.25, 0.3) is 0 Å². The number of thioether (sulfide) groups is 1. The van der Waals surface area contributed by atoms with E-state index in [1.165, 1.54) is 0 Å². The number of hydrogen-bond acceptors (Lipinski definition) is 6. The number of aliphatic carboxylic acids is 1. The van der Waals surface area contributed by atoms with Gasteiger partial charge in [0.1, 0.15) is 17.7 Å². The topological polar surface area (TPSA) is 134 Å². The third kappa shape index (κ3) is 11.5. The van der Waals surface area contributed by atoms with Gasteiger partial charge in [0.05, 0.1) is 0 Å². The molecule has 0 aliphatic heterocycles. The van der Waals surface area contributed by atoms with Crippen molar-refractivity contribution in [3.63, 3.8) is 0 Å². The third-order valence-electron chi connectivity index (χ3n) is 6.30. The molecule has 3 amide bonds. The van der Waals surface area contributed by atoms with E-state index in [-0.39, 0.29) is 30.1 Å². The molecular weight excluding hydrogens is 494 g/mol. The maximum atomic E-state index is 12.8. The first-order chi connectivity index (χ1) is 17.5.